The smallest absolute Gasteiger partial charge is 0.381 e. The molecule has 0 unspecified atom stereocenters. The Labute approximate surface area is 147 Å². The molecule has 134 valence electrons. The summed E-state index contributed by atoms with van der Waals surface area (Å²) in [5, 5.41) is 4.89. The largest absolute Gasteiger partial charge is 0.416 e. The number of rotatable bonds is 4. The lowest BCUT2D eigenvalue weighted by atomic mass is 9.78. The Morgan fingerprint density at radius 2 is 1.84 bits per heavy atom. The molecule has 1 aliphatic rings. The van der Waals surface area contributed by atoms with Crippen LogP contribution < -0.4 is 5.32 Å². The van der Waals surface area contributed by atoms with E-state index >= 15 is 0 Å². The van der Waals surface area contributed by atoms with Gasteiger partial charge in [0.2, 0.25) is 0 Å². The first-order chi connectivity index (χ1) is 11.9. The van der Waals surface area contributed by atoms with E-state index in [0.29, 0.717) is 19.8 Å². The Hall–Kier alpha value is -1.86. The first-order valence-electron chi connectivity index (χ1n) is 7.98. The van der Waals surface area contributed by atoms with E-state index in [1.54, 1.807) is 11.3 Å². The van der Waals surface area contributed by atoms with E-state index < -0.39 is 11.7 Å². The lowest BCUT2D eigenvalue weighted by Crippen LogP contribution is -2.44. The number of halogens is 3. The number of carbonyl (C=O) groups excluding carboxylic acids is 1. The zero-order chi connectivity index (χ0) is 17.9. The van der Waals surface area contributed by atoms with Crippen LogP contribution in [0.5, 0.6) is 0 Å². The predicted octanol–water partition coefficient (Wildman–Crippen LogP) is 4.25. The van der Waals surface area contributed by atoms with Crippen LogP contribution in [-0.2, 0) is 16.3 Å². The molecule has 1 aromatic heterocycles. The maximum Gasteiger partial charge on any atom is 0.416 e. The number of benzene rings is 1. The van der Waals surface area contributed by atoms with E-state index in [-0.39, 0.29) is 16.9 Å². The Morgan fingerprint density at radius 1 is 1.16 bits per heavy atom. The summed E-state index contributed by atoms with van der Waals surface area (Å²) in [7, 11) is 0. The highest BCUT2D eigenvalue weighted by Crippen LogP contribution is 2.37. The standard InChI is InChI=1S/C18H18F3NO2S/c19-18(20,21)14-5-3-13(4-6-14)16(23)22-12-17(7-9-24-10-8-17)15-2-1-11-25-15/h1-6,11H,7-10,12H2,(H,22,23). The van der Waals surface area contributed by atoms with Gasteiger partial charge in [-0.1, -0.05) is 6.07 Å². The second kappa shape index (κ2) is 7.17. The molecule has 0 saturated carbocycles. The van der Waals surface area contributed by atoms with Crippen LogP contribution in [-0.4, -0.2) is 25.7 Å². The Bertz CT molecular complexity index is 705. The molecule has 3 nitrogen and oxygen atoms in total. The van der Waals surface area contributed by atoms with Crippen molar-refractivity contribution in [1.82, 2.24) is 5.32 Å². The number of thiophene rings is 1. The number of hydrogen-bond acceptors (Lipinski definition) is 3. The summed E-state index contributed by atoms with van der Waals surface area (Å²) in [6, 6.07) is 8.31. The van der Waals surface area contributed by atoms with Gasteiger partial charge in [-0.3, -0.25) is 4.79 Å². The van der Waals surface area contributed by atoms with Gasteiger partial charge in [0.25, 0.3) is 5.91 Å². The molecule has 0 aliphatic carbocycles. The molecule has 0 atom stereocenters. The number of amides is 1. The molecule has 25 heavy (non-hydrogen) atoms. The minimum absolute atomic E-state index is 0.173. The SMILES string of the molecule is O=C(NCC1(c2cccs2)CCOCC1)c1ccc(C(F)(F)F)cc1. The quantitative estimate of drug-likeness (QED) is 0.875. The summed E-state index contributed by atoms with van der Waals surface area (Å²) in [5.74, 6) is -0.365. The van der Waals surface area contributed by atoms with Gasteiger partial charge in [0, 0.05) is 35.6 Å². The van der Waals surface area contributed by atoms with Crippen LogP contribution in [0.3, 0.4) is 0 Å². The van der Waals surface area contributed by atoms with Crippen LogP contribution in [0.25, 0.3) is 0 Å². The zero-order valence-corrected chi connectivity index (χ0v) is 14.3. The van der Waals surface area contributed by atoms with Crippen molar-refractivity contribution in [2.24, 2.45) is 0 Å². The maximum atomic E-state index is 12.6. The van der Waals surface area contributed by atoms with Crippen molar-refractivity contribution in [3.05, 3.63) is 57.8 Å². The molecular formula is C18H18F3NO2S. The molecule has 1 saturated heterocycles. The number of alkyl halides is 3. The summed E-state index contributed by atoms with van der Waals surface area (Å²) in [5.41, 5.74) is -0.710. The average molecular weight is 369 g/mol. The minimum atomic E-state index is -4.40. The predicted molar refractivity (Wildman–Crippen MR) is 89.8 cm³/mol. The van der Waals surface area contributed by atoms with Gasteiger partial charge in [-0.05, 0) is 48.6 Å². The van der Waals surface area contributed by atoms with Gasteiger partial charge >= 0.3 is 6.18 Å². The van der Waals surface area contributed by atoms with Crippen LogP contribution >= 0.6 is 11.3 Å². The third-order valence-electron chi connectivity index (χ3n) is 4.56. The normalized spacial score (nSPS) is 17.2. The number of carbonyl (C=O) groups is 1. The lowest BCUT2D eigenvalue weighted by molar-refractivity contribution is -0.137. The van der Waals surface area contributed by atoms with Crippen LogP contribution in [0, 0.1) is 0 Å². The third kappa shape index (κ3) is 4.04. The molecule has 1 fully saturated rings. The van der Waals surface area contributed by atoms with Crippen LogP contribution in [0.4, 0.5) is 13.2 Å². The molecule has 2 aromatic rings. The second-order valence-electron chi connectivity index (χ2n) is 6.13. The van der Waals surface area contributed by atoms with Gasteiger partial charge in [0.05, 0.1) is 5.56 Å². The van der Waals surface area contributed by atoms with Crippen LogP contribution in [0.15, 0.2) is 41.8 Å². The van der Waals surface area contributed by atoms with E-state index in [9.17, 15) is 18.0 Å². The first-order valence-corrected chi connectivity index (χ1v) is 8.86. The fourth-order valence-electron chi connectivity index (χ4n) is 3.01. The molecule has 3 rings (SSSR count). The van der Waals surface area contributed by atoms with Crippen LogP contribution in [0.1, 0.15) is 33.6 Å². The highest BCUT2D eigenvalue weighted by molar-refractivity contribution is 7.10. The van der Waals surface area contributed by atoms with Crippen molar-refractivity contribution in [3.63, 3.8) is 0 Å². The number of hydrogen-bond donors (Lipinski definition) is 1. The van der Waals surface area contributed by atoms with E-state index in [4.69, 9.17) is 4.74 Å². The molecule has 1 aliphatic heterocycles. The summed E-state index contributed by atoms with van der Waals surface area (Å²) in [6.07, 6.45) is -2.79. The molecule has 1 N–H and O–H groups in total. The Morgan fingerprint density at radius 3 is 2.40 bits per heavy atom. The van der Waals surface area contributed by atoms with Crippen molar-refractivity contribution in [3.8, 4) is 0 Å². The molecule has 0 radical (unpaired) electrons. The van der Waals surface area contributed by atoms with E-state index in [1.807, 2.05) is 11.4 Å². The summed E-state index contributed by atoms with van der Waals surface area (Å²) in [4.78, 5) is 13.5. The van der Waals surface area contributed by atoms with Gasteiger partial charge in [0.15, 0.2) is 0 Å². The molecule has 0 spiro atoms. The van der Waals surface area contributed by atoms with Gasteiger partial charge in [-0.25, -0.2) is 0 Å². The average Bonchev–Trinajstić information content (AvgIpc) is 3.15. The van der Waals surface area contributed by atoms with Gasteiger partial charge in [0.1, 0.15) is 0 Å². The van der Waals surface area contributed by atoms with Gasteiger partial charge in [-0.2, -0.15) is 13.2 Å². The highest BCUT2D eigenvalue weighted by atomic mass is 32.1. The van der Waals surface area contributed by atoms with E-state index in [1.165, 1.54) is 17.0 Å². The van der Waals surface area contributed by atoms with Crippen LogP contribution in [0.2, 0.25) is 0 Å². The topological polar surface area (TPSA) is 38.3 Å². The Balaban J connectivity index is 1.70. The first kappa shape index (κ1) is 17.9. The zero-order valence-electron chi connectivity index (χ0n) is 13.4. The molecular weight excluding hydrogens is 351 g/mol. The minimum Gasteiger partial charge on any atom is -0.381 e. The molecule has 1 aromatic carbocycles. The van der Waals surface area contributed by atoms with Crippen molar-refractivity contribution in [1.29, 1.82) is 0 Å². The van der Waals surface area contributed by atoms with E-state index in [0.717, 1.165) is 25.0 Å². The Kier molecular flexibility index (Phi) is 5.15. The highest BCUT2D eigenvalue weighted by Gasteiger charge is 2.36. The van der Waals surface area contributed by atoms with Gasteiger partial charge in [-0.15, -0.1) is 11.3 Å². The summed E-state index contributed by atoms with van der Waals surface area (Å²) < 4.78 is 43.3. The molecule has 7 heteroatoms. The molecule has 1 amide bonds. The molecule has 2 heterocycles. The number of nitrogens with one attached hydrogen (secondary N) is 1. The summed E-state index contributed by atoms with van der Waals surface area (Å²) in [6.45, 7) is 1.71. The lowest BCUT2D eigenvalue weighted by Gasteiger charge is -2.36. The van der Waals surface area contributed by atoms with Crippen molar-refractivity contribution < 1.29 is 22.7 Å². The third-order valence-corrected chi connectivity index (χ3v) is 5.67. The summed E-state index contributed by atoms with van der Waals surface area (Å²) >= 11 is 1.65. The van der Waals surface area contributed by atoms with E-state index in [2.05, 4.69) is 11.4 Å². The van der Waals surface area contributed by atoms with Crippen molar-refractivity contribution in [2.45, 2.75) is 24.4 Å². The molecule has 0 bridgehead atoms. The number of ether oxygens (including phenoxy) is 1. The van der Waals surface area contributed by atoms with Crippen molar-refractivity contribution >= 4 is 17.2 Å². The monoisotopic (exact) mass is 369 g/mol. The van der Waals surface area contributed by atoms with Crippen molar-refractivity contribution in [2.75, 3.05) is 19.8 Å². The fourth-order valence-corrected chi connectivity index (χ4v) is 4.00. The fraction of sp³-hybridized carbons (Fsp3) is 0.389. The maximum absolute atomic E-state index is 12.6. The second-order valence-corrected chi connectivity index (χ2v) is 7.08. The van der Waals surface area contributed by atoms with Gasteiger partial charge < -0.3 is 10.1 Å².